The Hall–Kier alpha value is -3.20. The van der Waals surface area contributed by atoms with Crippen molar-refractivity contribution in [2.75, 3.05) is 6.61 Å². The monoisotopic (exact) mass is 531 g/mol. The zero-order valence-corrected chi connectivity index (χ0v) is 22.2. The molecule has 0 saturated carbocycles. The number of carboxylic acids is 2. The zero-order chi connectivity index (χ0) is 27.1. The Labute approximate surface area is 219 Å². The molecule has 0 bridgehead atoms. The van der Waals surface area contributed by atoms with Crippen molar-refractivity contribution >= 4 is 27.9 Å². The lowest BCUT2D eigenvalue weighted by Gasteiger charge is -2.11. The van der Waals surface area contributed by atoms with Crippen LogP contribution in [0.4, 0.5) is 0 Å². The molecule has 0 unspecified atom stereocenters. The van der Waals surface area contributed by atoms with Crippen LogP contribution in [0.1, 0.15) is 92.9 Å². The molecule has 0 aliphatic rings. The average molecular weight is 532 g/mol. The minimum atomic E-state index is -3.88. The molecule has 0 aliphatic carbocycles. The number of benzene rings is 1. The lowest BCUT2D eigenvalue weighted by atomic mass is 10.1. The second kappa shape index (κ2) is 15.8. The van der Waals surface area contributed by atoms with Gasteiger partial charge in [0.25, 0.3) is 0 Å². The summed E-state index contributed by atoms with van der Waals surface area (Å²) in [6, 6.07) is 8.22. The largest absolute Gasteiger partial charge is 0.491 e. The number of hydrogen-bond acceptors (Lipinski definition) is 6. The molecule has 1 aromatic heterocycles. The summed E-state index contributed by atoms with van der Waals surface area (Å²) in [7, 11) is -3.88. The summed E-state index contributed by atoms with van der Waals surface area (Å²) in [4.78, 5) is 26.4. The number of hydrogen-bond donors (Lipinski definition) is 2. The van der Waals surface area contributed by atoms with E-state index in [0.29, 0.717) is 12.4 Å². The van der Waals surface area contributed by atoms with Gasteiger partial charge in [-0.25, -0.2) is 23.0 Å². The van der Waals surface area contributed by atoms with E-state index in [1.54, 1.807) is 6.07 Å². The van der Waals surface area contributed by atoms with Gasteiger partial charge in [-0.2, -0.15) is 0 Å². The van der Waals surface area contributed by atoms with E-state index in [0.717, 1.165) is 31.4 Å². The molecule has 2 rings (SSSR count). The molecule has 2 N–H and O–H groups in total. The topological polar surface area (TPSA) is 131 Å². The Morgan fingerprint density at radius 3 is 2.19 bits per heavy atom. The molecule has 1 aromatic carbocycles. The number of rotatable bonds is 18. The fourth-order valence-corrected chi connectivity index (χ4v) is 5.16. The highest BCUT2D eigenvalue weighted by molar-refractivity contribution is 7.90. The molecule has 1 heterocycles. The molecule has 8 nitrogen and oxygen atoms in total. The van der Waals surface area contributed by atoms with Crippen LogP contribution in [0.2, 0.25) is 0 Å². The fraction of sp³-hybridized carbons (Fsp3) is 0.464. The molecule has 0 radical (unpaired) electrons. The van der Waals surface area contributed by atoms with Gasteiger partial charge in [-0.05, 0) is 42.8 Å². The summed E-state index contributed by atoms with van der Waals surface area (Å²) in [5.74, 6) is -2.48. The molecule has 0 fully saturated rings. The van der Waals surface area contributed by atoms with Crippen molar-refractivity contribution in [1.82, 2.24) is 4.98 Å². The maximum Gasteiger partial charge on any atom is 0.335 e. The third kappa shape index (κ3) is 11.2. The molecular formula is C28H37NO7S. The molecule has 0 amide bonds. The summed E-state index contributed by atoms with van der Waals surface area (Å²) in [6.07, 6.45) is 14.2. The van der Waals surface area contributed by atoms with Crippen molar-refractivity contribution in [3.8, 4) is 5.75 Å². The number of carboxylic acid groups (broad SMARTS) is 2. The number of carbonyl (C=O) groups is 2. The second-order valence-electron chi connectivity index (χ2n) is 8.98. The Kier molecular flexibility index (Phi) is 12.8. The number of aromatic carboxylic acids is 1. The van der Waals surface area contributed by atoms with Gasteiger partial charge in [-0.15, -0.1) is 0 Å². The molecule has 0 spiro atoms. The standard InChI is InChI=1S/C28H37NO7S/c1-2-3-4-5-6-7-8-9-10-11-19-36-26-17-15-23(29-25(26)16-18-27(30)31)21-37(34,35)24-14-12-13-22(20-24)28(32)33/h12-18,20H,2-11,19,21H2,1H3,(H,30,31)(H,32,33). The second-order valence-corrected chi connectivity index (χ2v) is 11.0. The molecule has 202 valence electrons. The van der Waals surface area contributed by atoms with E-state index in [4.69, 9.17) is 14.9 Å². The highest BCUT2D eigenvalue weighted by Crippen LogP contribution is 2.23. The summed E-state index contributed by atoms with van der Waals surface area (Å²) in [5, 5.41) is 18.2. The van der Waals surface area contributed by atoms with Crippen LogP contribution in [0.3, 0.4) is 0 Å². The highest BCUT2D eigenvalue weighted by Gasteiger charge is 2.19. The van der Waals surface area contributed by atoms with Gasteiger partial charge in [0.2, 0.25) is 0 Å². The van der Waals surface area contributed by atoms with Gasteiger partial charge in [0.15, 0.2) is 9.84 Å². The van der Waals surface area contributed by atoms with Gasteiger partial charge in [0, 0.05) is 6.08 Å². The van der Waals surface area contributed by atoms with E-state index in [2.05, 4.69) is 11.9 Å². The number of nitrogens with zero attached hydrogens (tertiary/aromatic N) is 1. The van der Waals surface area contributed by atoms with E-state index in [1.807, 2.05) is 0 Å². The first-order valence-electron chi connectivity index (χ1n) is 12.8. The third-order valence-corrected chi connectivity index (χ3v) is 7.51. The van der Waals surface area contributed by atoms with Gasteiger partial charge in [-0.3, -0.25) is 0 Å². The first kappa shape index (κ1) is 30.0. The normalized spacial score (nSPS) is 11.6. The Morgan fingerprint density at radius 2 is 1.57 bits per heavy atom. The van der Waals surface area contributed by atoms with E-state index in [1.165, 1.54) is 75.3 Å². The van der Waals surface area contributed by atoms with Crippen LogP contribution in [0.15, 0.2) is 47.4 Å². The van der Waals surface area contributed by atoms with Crippen LogP contribution in [0, 0.1) is 0 Å². The van der Waals surface area contributed by atoms with E-state index in [-0.39, 0.29) is 21.8 Å². The van der Waals surface area contributed by atoms with Crippen LogP contribution in [0.5, 0.6) is 5.75 Å². The quantitative estimate of drug-likeness (QED) is 0.173. The number of pyridine rings is 1. The summed E-state index contributed by atoms with van der Waals surface area (Å²) in [5.41, 5.74) is 0.286. The van der Waals surface area contributed by atoms with Crippen molar-refractivity contribution in [3.63, 3.8) is 0 Å². The maximum atomic E-state index is 12.8. The summed E-state index contributed by atoms with van der Waals surface area (Å²) >= 11 is 0. The number of ether oxygens (including phenoxy) is 1. The predicted molar refractivity (Wildman–Crippen MR) is 143 cm³/mol. The molecule has 0 saturated heterocycles. The number of aliphatic carboxylic acids is 1. The minimum absolute atomic E-state index is 0.127. The van der Waals surface area contributed by atoms with Gasteiger partial charge < -0.3 is 14.9 Å². The van der Waals surface area contributed by atoms with Crippen molar-refractivity contribution in [2.24, 2.45) is 0 Å². The first-order chi connectivity index (χ1) is 17.7. The van der Waals surface area contributed by atoms with Crippen LogP contribution >= 0.6 is 0 Å². The van der Waals surface area contributed by atoms with Gasteiger partial charge in [-0.1, -0.05) is 70.8 Å². The molecule has 37 heavy (non-hydrogen) atoms. The van der Waals surface area contributed by atoms with E-state index < -0.39 is 27.5 Å². The summed E-state index contributed by atoms with van der Waals surface area (Å²) in [6.45, 7) is 2.67. The number of unbranched alkanes of at least 4 members (excludes halogenated alkanes) is 9. The van der Waals surface area contributed by atoms with Gasteiger partial charge in [0.1, 0.15) is 11.4 Å². The fourth-order valence-electron chi connectivity index (χ4n) is 3.85. The predicted octanol–water partition coefficient (Wildman–Crippen LogP) is 6.15. The molecule has 0 aliphatic heterocycles. The maximum absolute atomic E-state index is 12.8. The smallest absolute Gasteiger partial charge is 0.335 e. The highest BCUT2D eigenvalue weighted by atomic mass is 32.2. The van der Waals surface area contributed by atoms with Crippen LogP contribution < -0.4 is 4.74 Å². The lowest BCUT2D eigenvalue weighted by molar-refractivity contribution is -0.131. The van der Waals surface area contributed by atoms with Crippen molar-refractivity contribution in [2.45, 2.75) is 81.8 Å². The number of aromatic nitrogens is 1. The molecule has 0 atom stereocenters. The minimum Gasteiger partial charge on any atom is -0.491 e. The summed E-state index contributed by atoms with van der Waals surface area (Å²) < 4.78 is 31.5. The van der Waals surface area contributed by atoms with Gasteiger partial charge in [0.05, 0.1) is 28.5 Å². The Bertz CT molecular complexity index is 1160. The van der Waals surface area contributed by atoms with E-state index >= 15 is 0 Å². The van der Waals surface area contributed by atoms with Crippen molar-refractivity contribution < 1.29 is 33.0 Å². The Morgan fingerprint density at radius 1 is 0.919 bits per heavy atom. The van der Waals surface area contributed by atoms with Crippen molar-refractivity contribution in [3.05, 3.63) is 59.4 Å². The van der Waals surface area contributed by atoms with Gasteiger partial charge >= 0.3 is 11.9 Å². The average Bonchev–Trinajstić information content (AvgIpc) is 2.86. The van der Waals surface area contributed by atoms with Crippen molar-refractivity contribution in [1.29, 1.82) is 0 Å². The van der Waals surface area contributed by atoms with Crippen LogP contribution in [0.25, 0.3) is 6.08 Å². The van der Waals surface area contributed by atoms with E-state index in [9.17, 15) is 18.0 Å². The van der Waals surface area contributed by atoms with Crippen LogP contribution in [-0.4, -0.2) is 42.2 Å². The molecule has 2 aromatic rings. The third-order valence-electron chi connectivity index (χ3n) is 5.86. The first-order valence-corrected chi connectivity index (χ1v) is 14.5. The zero-order valence-electron chi connectivity index (χ0n) is 21.4. The molecule has 9 heteroatoms. The SMILES string of the molecule is CCCCCCCCCCCCOc1ccc(CS(=O)(=O)c2cccc(C(=O)O)c2)nc1C=CC(=O)O. The number of sulfone groups is 1. The van der Waals surface area contributed by atoms with Crippen LogP contribution in [-0.2, 0) is 20.4 Å². The lowest BCUT2D eigenvalue weighted by Crippen LogP contribution is -2.09. The molecular weight excluding hydrogens is 494 g/mol. The Balaban J connectivity index is 1.96.